The van der Waals surface area contributed by atoms with Crippen molar-refractivity contribution in [3.8, 4) is 0 Å². The van der Waals surface area contributed by atoms with Crippen LogP contribution in [0.4, 0.5) is 0 Å². The number of hydrogen-bond donors (Lipinski definition) is 0. The quantitative estimate of drug-likeness (QED) is 0.767. The van der Waals surface area contributed by atoms with Gasteiger partial charge in [0.2, 0.25) is 0 Å². The molecule has 1 aliphatic carbocycles. The molecule has 7 heteroatoms. The van der Waals surface area contributed by atoms with Gasteiger partial charge in [0.05, 0.1) is 26.4 Å². The van der Waals surface area contributed by atoms with Crippen molar-refractivity contribution >= 4 is 17.6 Å². The van der Waals surface area contributed by atoms with E-state index in [1.807, 2.05) is 28.9 Å². The van der Waals surface area contributed by atoms with Gasteiger partial charge in [-0.3, -0.25) is 4.68 Å². The van der Waals surface area contributed by atoms with Crippen molar-refractivity contribution in [2.24, 2.45) is 0 Å². The fourth-order valence-corrected chi connectivity index (χ4v) is 3.87. The molecule has 0 amide bonds. The summed E-state index contributed by atoms with van der Waals surface area (Å²) in [7, 11) is 0. The third kappa shape index (κ3) is 3.13. The molecule has 1 aromatic carbocycles. The van der Waals surface area contributed by atoms with Crippen LogP contribution >= 0.6 is 11.6 Å². The molecule has 138 valence electrons. The van der Waals surface area contributed by atoms with E-state index in [0.717, 1.165) is 16.8 Å². The van der Waals surface area contributed by atoms with Crippen molar-refractivity contribution in [1.82, 2.24) is 9.78 Å². The number of hydrogen-bond acceptors (Lipinski definition) is 5. The maximum absolute atomic E-state index is 12.4. The maximum atomic E-state index is 12.4. The van der Waals surface area contributed by atoms with E-state index in [-0.39, 0.29) is 5.97 Å². The van der Waals surface area contributed by atoms with Gasteiger partial charge in [-0.1, -0.05) is 29.8 Å². The monoisotopic (exact) mass is 376 g/mol. The second-order valence-corrected chi connectivity index (χ2v) is 6.93. The van der Waals surface area contributed by atoms with Crippen molar-refractivity contribution < 1.29 is 19.0 Å². The molecule has 1 spiro atoms. The highest BCUT2D eigenvalue weighted by Crippen LogP contribution is 2.37. The lowest BCUT2D eigenvalue weighted by atomic mass is 9.90. The molecule has 1 aromatic heterocycles. The molecule has 0 atom stereocenters. The van der Waals surface area contributed by atoms with E-state index in [9.17, 15) is 4.79 Å². The molecule has 26 heavy (non-hydrogen) atoms. The van der Waals surface area contributed by atoms with E-state index in [0.29, 0.717) is 56.3 Å². The Hall–Kier alpha value is -1.89. The van der Waals surface area contributed by atoms with Gasteiger partial charge < -0.3 is 14.2 Å². The lowest BCUT2D eigenvalue weighted by molar-refractivity contribution is -0.164. The van der Waals surface area contributed by atoms with E-state index in [1.165, 1.54) is 0 Å². The third-order valence-electron chi connectivity index (χ3n) is 4.92. The first-order valence-corrected chi connectivity index (χ1v) is 9.27. The number of benzene rings is 1. The van der Waals surface area contributed by atoms with Crippen LogP contribution in [0.2, 0.25) is 5.02 Å². The minimum Gasteiger partial charge on any atom is -0.461 e. The van der Waals surface area contributed by atoms with Crippen LogP contribution in [0.5, 0.6) is 0 Å². The van der Waals surface area contributed by atoms with Crippen LogP contribution in [0, 0.1) is 0 Å². The minimum absolute atomic E-state index is 0.321. The number of aromatic nitrogens is 2. The molecule has 6 nitrogen and oxygen atoms in total. The van der Waals surface area contributed by atoms with Gasteiger partial charge in [0.1, 0.15) is 0 Å². The van der Waals surface area contributed by atoms with Crippen LogP contribution in [-0.2, 0) is 33.6 Å². The SMILES string of the molecule is CCOC(=O)c1nn(Cc2ccccc2Cl)c2c1CCC1(C2)OCCO1. The molecule has 0 N–H and O–H groups in total. The van der Waals surface area contributed by atoms with E-state index in [1.54, 1.807) is 6.92 Å². The third-order valence-corrected chi connectivity index (χ3v) is 5.29. The highest BCUT2D eigenvalue weighted by atomic mass is 35.5. The zero-order valence-electron chi connectivity index (χ0n) is 14.7. The number of halogens is 1. The summed E-state index contributed by atoms with van der Waals surface area (Å²) < 4.78 is 18.8. The average Bonchev–Trinajstić information content (AvgIpc) is 3.23. The van der Waals surface area contributed by atoms with Gasteiger partial charge >= 0.3 is 5.97 Å². The van der Waals surface area contributed by atoms with Gasteiger partial charge in [-0.05, 0) is 25.0 Å². The van der Waals surface area contributed by atoms with Gasteiger partial charge in [-0.2, -0.15) is 5.10 Å². The Morgan fingerprint density at radius 2 is 2.12 bits per heavy atom. The molecular formula is C19H21ClN2O4. The first kappa shape index (κ1) is 17.5. The Kier molecular flexibility index (Phi) is 4.73. The van der Waals surface area contributed by atoms with Crippen LogP contribution in [0.3, 0.4) is 0 Å². The summed E-state index contributed by atoms with van der Waals surface area (Å²) in [4.78, 5) is 12.4. The molecule has 4 rings (SSSR count). The molecule has 2 aliphatic rings. The second-order valence-electron chi connectivity index (χ2n) is 6.53. The maximum Gasteiger partial charge on any atom is 0.359 e. The highest BCUT2D eigenvalue weighted by molar-refractivity contribution is 6.31. The summed E-state index contributed by atoms with van der Waals surface area (Å²) in [5.41, 5.74) is 3.23. The second kappa shape index (κ2) is 7.02. The Labute approximate surface area is 157 Å². The Bertz CT molecular complexity index is 827. The summed E-state index contributed by atoms with van der Waals surface area (Å²) in [5.74, 6) is -0.983. The Balaban J connectivity index is 1.73. The number of carbonyl (C=O) groups is 1. The summed E-state index contributed by atoms with van der Waals surface area (Å²) in [6.45, 7) is 3.79. The molecule has 0 radical (unpaired) electrons. The van der Waals surface area contributed by atoms with E-state index in [4.69, 9.17) is 25.8 Å². The number of nitrogens with zero attached hydrogens (tertiary/aromatic N) is 2. The van der Waals surface area contributed by atoms with Crippen molar-refractivity contribution in [3.63, 3.8) is 0 Å². The van der Waals surface area contributed by atoms with Gasteiger partial charge in [-0.25, -0.2) is 4.79 Å². The minimum atomic E-state index is -0.600. The Morgan fingerprint density at radius 1 is 1.35 bits per heavy atom. The van der Waals surface area contributed by atoms with Crippen molar-refractivity contribution in [3.05, 3.63) is 51.8 Å². The smallest absolute Gasteiger partial charge is 0.359 e. The summed E-state index contributed by atoms with van der Waals surface area (Å²) in [5, 5.41) is 5.25. The molecule has 0 saturated carbocycles. The summed E-state index contributed by atoms with van der Waals surface area (Å²) >= 11 is 6.31. The first-order chi connectivity index (χ1) is 12.6. The van der Waals surface area contributed by atoms with Crippen molar-refractivity contribution in [2.45, 2.75) is 38.5 Å². The number of esters is 1. The van der Waals surface area contributed by atoms with E-state index < -0.39 is 5.79 Å². The molecule has 0 unspecified atom stereocenters. The van der Waals surface area contributed by atoms with Gasteiger partial charge in [0.15, 0.2) is 11.5 Å². The molecule has 1 aliphatic heterocycles. The lowest BCUT2D eigenvalue weighted by Crippen LogP contribution is -2.38. The lowest BCUT2D eigenvalue weighted by Gasteiger charge is -2.32. The van der Waals surface area contributed by atoms with Crippen LogP contribution in [0.25, 0.3) is 0 Å². The molecule has 2 heterocycles. The van der Waals surface area contributed by atoms with E-state index in [2.05, 4.69) is 5.10 Å². The standard InChI is InChI=1S/C19H21ClN2O4/c1-2-24-18(23)17-14-7-8-19(25-9-10-26-19)11-16(14)22(21-17)12-13-5-3-4-6-15(13)20/h3-6H,2,7-12H2,1H3. The number of carbonyl (C=O) groups excluding carboxylic acids is 1. The molecule has 2 aromatic rings. The van der Waals surface area contributed by atoms with Crippen molar-refractivity contribution in [1.29, 1.82) is 0 Å². The molecule has 1 saturated heterocycles. The van der Waals surface area contributed by atoms with Gasteiger partial charge in [0.25, 0.3) is 0 Å². The normalized spacial score (nSPS) is 18.1. The summed E-state index contributed by atoms with van der Waals surface area (Å²) in [6.07, 6.45) is 1.95. The van der Waals surface area contributed by atoms with Crippen molar-refractivity contribution in [2.75, 3.05) is 19.8 Å². The van der Waals surface area contributed by atoms with Gasteiger partial charge in [-0.15, -0.1) is 0 Å². The fraction of sp³-hybridized carbons (Fsp3) is 0.474. The zero-order valence-corrected chi connectivity index (χ0v) is 15.4. The first-order valence-electron chi connectivity index (χ1n) is 8.89. The molecule has 1 fully saturated rings. The average molecular weight is 377 g/mol. The highest BCUT2D eigenvalue weighted by Gasteiger charge is 2.43. The largest absolute Gasteiger partial charge is 0.461 e. The predicted molar refractivity (Wildman–Crippen MR) is 95.4 cm³/mol. The fourth-order valence-electron chi connectivity index (χ4n) is 3.68. The van der Waals surface area contributed by atoms with Gasteiger partial charge in [0, 0.05) is 29.1 Å². The number of ether oxygens (including phenoxy) is 3. The number of rotatable bonds is 4. The predicted octanol–water partition coefficient (Wildman–Crippen LogP) is 2.99. The Morgan fingerprint density at radius 3 is 2.85 bits per heavy atom. The molecule has 0 bridgehead atoms. The summed E-state index contributed by atoms with van der Waals surface area (Å²) in [6, 6.07) is 7.64. The number of fused-ring (bicyclic) bond motifs is 1. The topological polar surface area (TPSA) is 62.6 Å². The van der Waals surface area contributed by atoms with Crippen LogP contribution in [0.1, 0.15) is 40.7 Å². The van der Waals surface area contributed by atoms with E-state index >= 15 is 0 Å². The van der Waals surface area contributed by atoms with Crippen LogP contribution < -0.4 is 0 Å². The molecular weight excluding hydrogens is 356 g/mol. The zero-order chi connectivity index (χ0) is 18.1. The van der Waals surface area contributed by atoms with Crippen LogP contribution in [-0.4, -0.2) is 41.4 Å². The van der Waals surface area contributed by atoms with Crippen LogP contribution in [0.15, 0.2) is 24.3 Å².